The van der Waals surface area contributed by atoms with Crippen LogP contribution < -0.4 is 4.74 Å². The molecule has 132 valence electrons. The van der Waals surface area contributed by atoms with Crippen LogP contribution in [-0.4, -0.2) is 36.2 Å². The van der Waals surface area contributed by atoms with Crippen molar-refractivity contribution in [3.05, 3.63) is 64.7 Å². The molecule has 2 aromatic carbocycles. The Hall–Kier alpha value is -2.33. The topological polar surface area (TPSA) is 49.8 Å². The predicted octanol–water partition coefficient (Wildman–Crippen LogP) is 3.16. The van der Waals surface area contributed by atoms with Gasteiger partial charge in [0.25, 0.3) is 5.91 Å². The van der Waals surface area contributed by atoms with Gasteiger partial charge in [0, 0.05) is 24.1 Å². The van der Waals surface area contributed by atoms with Crippen molar-refractivity contribution >= 4 is 5.91 Å². The molecule has 2 aromatic rings. The third-order valence-electron chi connectivity index (χ3n) is 4.98. The Bertz CT molecular complexity index is 765. The van der Waals surface area contributed by atoms with Crippen LogP contribution in [-0.2, 0) is 18.4 Å². The van der Waals surface area contributed by atoms with Crippen LogP contribution >= 0.6 is 0 Å². The number of rotatable bonds is 5. The van der Waals surface area contributed by atoms with E-state index < -0.39 is 0 Å². The standard InChI is InChI=1S/C21H25NO3/c1-21(2,14-23)17-6-9-19-16(12-17)10-11-22(20(19)24)13-15-4-7-18(25-3)8-5-15/h4-9,12,23H,10-11,13-14H2,1-3H3. The summed E-state index contributed by atoms with van der Waals surface area (Å²) >= 11 is 0. The zero-order valence-electron chi connectivity index (χ0n) is 15.1. The average molecular weight is 339 g/mol. The maximum absolute atomic E-state index is 12.8. The number of aliphatic hydroxyl groups excluding tert-OH is 1. The Morgan fingerprint density at radius 2 is 1.88 bits per heavy atom. The molecule has 0 fully saturated rings. The summed E-state index contributed by atoms with van der Waals surface area (Å²) in [5.41, 5.74) is 3.73. The van der Waals surface area contributed by atoms with Crippen LogP contribution in [0.5, 0.6) is 5.75 Å². The molecular weight excluding hydrogens is 314 g/mol. The number of hydrogen-bond acceptors (Lipinski definition) is 3. The molecule has 1 amide bonds. The van der Waals surface area contributed by atoms with Crippen molar-refractivity contribution in [2.45, 2.75) is 32.2 Å². The molecule has 1 N–H and O–H groups in total. The lowest BCUT2D eigenvalue weighted by atomic mass is 9.83. The Labute approximate surface area is 149 Å². The maximum atomic E-state index is 12.8. The van der Waals surface area contributed by atoms with Gasteiger partial charge in [-0.25, -0.2) is 0 Å². The van der Waals surface area contributed by atoms with Crippen molar-refractivity contribution in [3.8, 4) is 5.75 Å². The molecular formula is C21H25NO3. The summed E-state index contributed by atoms with van der Waals surface area (Å²) in [6, 6.07) is 13.8. The van der Waals surface area contributed by atoms with Gasteiger partial charge in [0.1, 0.15) is 5.75 Å². The Balaban J connectivity index is 1.79. The van der Waals surface area contributed by atoms with Crippen molar-refractivity contribution in [2.24, 2.45) is 0 Å². The molecule has 1 heterocycles. The zero-order chi connectivity index (χ0) is 18.0. The van der Waals surface area contributed by atoms with Gasteiger partial charge in [0.15, 0.2) is 0 Å². The van der Waals surface area contributed by atoms with Crippen molar-refractivity contribution in [3.63, 3.8) is 0 Å². The lowest BCUT2D eigenvalue weighted by molar-refractivity contribution is 0.0727. The Morgan fingerprint density at radius 3 is 2.52 bits per heavy atom. The lowest BCUT2D eigenvalue weighted by Gasteiger charge is -2.30. The summed E-state index contributed by atoms with van der Waals surface area (Å²) in [5.74, 6) is 0.892. The van der Waals surface area contributed by atoms with E-state index in [0.717, 1.165) is 34.4 Å². The molecule has 1 aliphatic rings. The second-order valence-electron chi connectivity index (χ2n) is 7.24. The van der Waals surface area contributed by atoms with Crippen molar-refractivity contribution < 1.29 is 14.6 Å². The van der Waals surface area contributed by atoms with Gasteiger partial charge >= 0.3 is 0 Å². The highest BCUT2D eigenvalue weighted by atomic mass is 16.5. The molecule has 3 rings (SSSR count). The smallest absolute Gasteiger partial charge is 0.254 e. The largest absolute Gasteiger partial charge is 0.497 e. The molecule has 0 saturated heterocycles. The summed E-state index contributed by atoms with van der Waals surface area (Å²) in [7, 11) is 1.65. The maximum Gasteiger partial charge on any atom is 0.254 e. The highest BCUT2D eigenvalue weighted by Crippen LogP contribution is 2.28. The van der Waals surface area contributed by atoms with Crippen LogP contribution in [0.3, 0.4) is 0 Å². The first-order valence-corrected chi connectivity index (χ1v) is 8.61. The lowest BCUT2D eigenvalue weighted by Crippen LogP contribution is -2.37. The monoisotopic (exact) mass is 339 g/mol. The molecule has 0 atom stereocenters. The van der Waals surface area contributed by atoms with Crippen LogP contribution in [0.15, 0.2) is 42.5 Å². The second kappa shape index (κ2) is 6.89. The number of nitrogens with zero attached hydrogens (tertiary/aromatic N) is 1. The number of methoxy groups -OCH3 is 1. The molecule has 0 radical (unpaired) electrons. The predicted molar refractivity (Wildman–Crippen MR) is 98.0 cm³/mol. The van der Waals surface area contributed by atoms with Crippen LogP contribution in [0.25, 0.3) is 0 Å². The van der Waals surface area contributed by atoms with Crippen molar-refractivity contribution in [1.82, 2.24) is 4.90 Å². The molecule has 0 saturated carbocycles. The van der Waals surface area contributed by atoms with Gasteiger partial charge in [-0.3, -0.25) is 4.79 Å². The molecule has 4 nitrogen and oxygen atoms in total. The van der Waals surface area contributed by atoms with Crippen molar-refractivity contribution in [1.29, 1.82) is 0 Å². The summed E-state index contributed by atoms with van der Waals surface area (Å²) in [5, 5.41) is 9.56. The fraction of sp³-hybridized carbons (Fsp3) is 0.381. The van der Waals surface area contributed by atoms with Crippen LogP contribution in [0.4, 0.5) is 0 Å². The number of carbonyl (C=O) groups excluding carboxylic acids is 1. The van der Waals surface area contributed by atoms with E-state index >= 15 is 0 Å². The van der Waals surface area contributed by atoms with Gasteiger partial charge in [-0.05, 0) is 41.3 Å². The molecule has 0 spiro atoms. The van der Waals surface area contributed by atoms with Gasteiger partial charge in [0.05, 0.1) is 13.7 Å². The second-order valence-corrected chi connectivity index (χ2v) is 7.24. The van der Waals surface area contributed by atoms with Crippen LogP contribution in [0, 0.1) is 0 Å². The molecule has 0 bridgehead atoms. The number of carbonyl (C=O) groups is 1. The minimum atomic E-state index is -0.293. The number of amides is 1. The quantitative estimate of drug-likeness (QED) is 0.910. The first-order valence-electron chi connectivity index (χ1n) is 8.61. The highest BCUT2D eigenvalue weighted by molar-refractivity contribution is 5.96. The van der Waals surface area contributed by atoms with Crippen LogP contribution in [0.1, 0.15) is 40.9 Å². The minimum absolute atomic E-state index is 0.0745. The van der Waals surface area contributed by atoms with Crippen LogP contribution in [0.2, 0.25) is 0 Å². The Morgan fingerprint density at radius 1 is 1.16 bits per heavy atom. The van der Waals surface area contributed by atoms with Crippen molar-refractivity contribution in [2.75, 3.05) is 20.3 Å². The van der Waals surface area contributed by atoms with E-state index in [4.69, 9.17) is 4.74 Å². The van der Waals surface area contributed by atoms with E-state index in [1.807, 2.05) is 55.1 Å². The average Bonchev–Trinajstić information content (AvgIpc) is 2.64. The molecule has 0 unspecified atom stereocenters. The number of hydrogen-bond donors (Lipinski definition) is 1. The number of benzene rings is 2. The van der Waals surface area contributed by atoms with E-state index in [1.54, 1.807) is 7.11 Å². The van der Waals surface area contributed by atoms with E-state index in [1.165, 1.54) is 0 Å². The molecule has 0 aromatic heterocycles. The molecule has 0 aliphatic carbocycles. The summed E-state index contributed by atoms with van der Waals surface area (Å²) < 4.78 is 5.18. The normalized spacial score (nSPS) is 14.4. The highest BCUT2D eigenvalue weighted by Gasteiger charge is 2.27. The van der Waals surface area contributed by atoms with E-state index in [0.29, 0.717) is 13.1 Å². The molecule has 4 heteroatoms. The van der Waals surface area contributed by atoms with E-state index in [2.05, 4.69) is 6.07 Å². The third-order valence-corrected chi connectivity index (χ3v) is 4.98. The molecule has 1 aliphatic heterocycles. The van der Waals surface area contributed by atoms with Gasteiger partial charge < -0.3 is 14.7 Å². The van der Waals surface area contributed by atoms with E-state index in [-0.39, 0.29) is 17.9 Å². The number of aliphatic hydroxyl groups is 1. The van der Waals surface area contributed by atoms with Gasteiger partial charge in [-0.1, -0.05) is 38.1 Å². The fourth-order valence-corrected chi connectivity index (χ4v) is 3.15. The number of ether oxygens (including phenoxy) is 1. The molecule has 25 heavy (non-hydrogen) atoms. The van der Waals surface area contributed by atoms with E-state index in [9.17, 15) is 9.90 Å². The van der Waals surface area contributed by atoms with Gasteiger partial charge in [-0.2, -0.15) is 0 Å². The zero-order valence-corrected chi connectivity index (χ0v) is 15.1. The first-order chi connectivity index (χ1) is 11.9. The van der Waals surface area contributed by atoms with Gasteiger partial charge in [0.2, 0.25) is 0 Å². The summed E-state index contributed by atoms with van der Waals surface area (Å²) in [6.07, 6.45) is 0.840. The van der Waals surface area contributed by atoms with Gasteiger partial charge in [-0.15, -0.1) is 0 Å². The fourth-order valence-electron chi connectivity index (χ4n) is 3.15. The Kier molecular flexibility index (Phi) is 4.82. The number of fused-ring (bicyclic) bond motifs is 1. The first kappa shape index (κ1) is 17.5. The SMILES string of the molecule is COc1ccc(CN2CCc3cc(C(C)(C)CO)ccc3C2=O)cc1. The minimum Gasteiger partial charge on any atom is -0.497 e. The summed E-state index contributed by atoms with van der Waals surface area (Å²) in [6.45, 7) is 5.42. The third kappa shape index (κ3) is 3.54. The summed E-state index contributed by atoms with van der Waals surface area (Å²) in [4.78, 5) is 14.7.